The first kappa shape index (κ1) is 10.4. The number of aromatic hydroxyl groups is 1. The van der Waals surface area contributed by atoms with Crippen molar-refractivity contribution in [1.82, 2.24) is 0 Å². The molecule has 4 nitrogen and oxygen atoms in total. The third-order valence-electron chi connectivity index (χ3n) is 2.59. The van der Waals surface area contributed by atoms with Gasteiger partial charge in [0, 0.05) is 6.54 Å². The van der Waals surface area contributed by atoms with E-state index in [1.807, 2.05) is 6.07 Å². The quantitative estimate of drug-likeness (QED) is 0.760. The zero-order chi connectivity index (χ0) is 10.9. The lowest BCUT2D eigenvalue weighted by Crippen LogP contribution is -2.27. The second kappa shape index (κ2) is 3.81. The fourth-order valence-corrected chi connectivity index (χ4v) is 1.75. The Bertz CT molecular complexity index is 355. The van der Waals surface area contributed by atoms with Crippen molar-refractivity contribution >= 4 is 0 Å². The van der Waals surface area contributed by atoms with Crippen molar-refractivity contribution < 1.29 is 14.6 Å². The first-order valence-electron chi connectivity index (χ1n) is 4.96. The van der Waals surface area contributed by atoms with Crippen molar-refractivity contribution in [3.63, 3.8) is 0 Å². The minimum absolute atomic E-state index is 0.102. The van der Waals surface area contributed by atoms with Crippen LogP contribution in [0.5, 0.6) is 5.75 Å². The lowest BCUT2D eigenvalue weighted by atomic mass is 10.1. The Hall–Kier alpha value is -1.10. The lowest BCUT2D eigenvalue weighted by Gasteiger charge is -2.24. The summed E-state index contributed by atoms with van der Waals surface area (Å²) in [7, 11) is 0. The molecule has 1 aliphatic rings. The van der Waals surface area contributed by atoms with Crippen molar-refractivity contribution in [2.24, 2.45) is 5.73 Å². The van der Waals surface area contributed by atoms with Crippen LogP contribution in [0, 0.1) is 0 Å². The van der Waals surface area contributed by atoms with Gasteiger partial charge in [-0.05, 0) is 19.1 Å². The van der Waals surface area contributed by atoms with Gasteiger partial charge in [0.05, 0.1) is 18.3 Å². The number of rotatable bonds is 2. The molecule has 0 saturated carbocycles. The minimum atomic E-state index is -0.880. The number of hydrogen-bond acceptors (Lipinski definition) is 4. The van der Waals surface area contributed by atoms with Crippen LogP contribution in [-0.4, -0.2) is 24.4 Å². The highest BCUT2D eigenvalue weighted by Crippen LogP contribution is 2.37. The third kappa shape index (κ3) is 1.84. The number of benzene rings is 1. The van der Waals surface area contributed by atoms with Gasteiger partial charge in [-0.2, -0.15) is 0 Å². The molecule has 1 fully saturated rings. The first-order valence-corrected chi connectivity index (χ1v) is 4.96. The molecule has 1 aliphatic heterocycles. The predicted molar refractivity (Wildman–Crippen MR) is 55.3 cm³/mol. The third-order valence-corrected chi connectivity index (χ3v) is 2.59. The standard InChI is InChI=1S/C11H15NO3/c1-11(14-7-8(6-12)15-11)9-4-2-3-5-10(9)13/h2-5,8,13H,6-7,12H2,1H3. The molecule has 1 aromatic rings. The smallest absolute Gasteiger partial charge is 0.196 e. The van der Waals surface area contributed by atoms with Gasteiger partial charge in [-0.25, -0.2) is 0 Å². The number of phenols is 1. The molecule has 2 rings (SSSR count). The Kier molecular flexibility index (Phi) is 2.65. The molecule has 2 atom stereocenters. The first-order chi connectivity index (χ1) is 7.15. The second-order valence-electron chi connectivity index (χ2n) is 3.75. The van der Waals surface area contributed by atoms with E-state index < -0.39 is 5.79 Å². The van der Waals surface area contributed by atoms with Gasteiger partial charge in [-0.3, -0.25) is 0 Å². The minimum Gasteiger partial charge on any atom is -0.507 e. The van der Waals surface area contributed by atoms with Gasteiger partial charge in [0.2, 0.25) is 0 Å². The Morgan fingerprint density at radius 1 is 1.53 bits per heavy atom. The summed E-state index contributed by atoms with van der Waals surface area (Å²) in [6, 6.07) is 7.00. The van der Waals surface area contributed by atoms with Crippen LogP contribution in [0.3, 0.4) is 0 Å². The summed E-state index contributed by atoms with van der Waals surface area (Å²) in [6.07, 6.45) is -0.102. The van der Waals surface area contributed by atoms with Crippen molar-refractivity contribution in [3.05, 3.63) is 29.8 Å². The molecule has 0 aromatic heterocycles. The van der Waals surface area contributed by atoms with Crippen LogP contribution in [0.2, 0.25) is 0 Å². The maximum atomic E-state index is 9.70. The Morgan fingerprint density at radius 2 is 2.27 bits per heavy atom. The van der Waals surface area contributed by atoms with Gasteiger partial charge in [0.25, 0.3) is 0 Å². The highest BCUT2D eigenvalue weighted by molar-refractivity contribution is 5.35. The van der Waals surface area contributed by atoms with Crippen LogP contribution >= 0.6 is 0 Å². The van der Waals surface area contributed by atoms with Crippen molar-refractivity contribution in [1.29, 1.82) is 0 Å². The molecular formula is C11H15NO3. The fourth-order valence-electron chi connectivity index (χ4n) is 1.75. The topological polar surface area (TPSA) is 64.7 Å². The van der Waals surface area contributed by atoms with Crippen molar-refractivity contribution in [3.8, 4) is 5.75 Å². The van der Waals surface area contributed by atoms with Crippen LogP contribution in [0.25, 0.3) is 0 Å². The summed E-state index contributed by atoms with van der Waals surface area (Å²) < 4.78 is 11.2. The number of phenolic OH excluding ortho intramolecular Hbond substituents is 1. The second-order valence-corrected chi connectivity index (χ2v) is 3.75. The van der Waals surface area contributed by atoms with E-state index in [0.29, 0.717) is 18.7 Å². The molecule has 4 heteroatoms. The summed E-state index contributed by atoms with van der Waals surface area (Å²) in [4.78, 5) is 0. The Labute approximate surface area is 88.6 Å². The molecule has 1 heterocycles. The summed E-state index contributed by atoms with van der Waals surface area (Å²) in [5.41, 5.74) is 6.14. The van der Waals surface area contributed by atoms with Gasteiger partial charge in [0.1, 0.15) is 5.75 Å². The molecule has 0 spiro atoms. The molecule has 0 amide bonds. The van der Waals surface area contributed by atoms with Crippen LogP contribution < -0.4 is 5.73 Å². The Balaban J connectivity index is 2.27. The van der Waals surface area contributed by atoms with Gasteiger partial charge >= 0.3 is 0 Å². The van der Waals surface area contributed by atoms with E-state index in [1.165, 1.54) is 0 Å². The zero-order valence-electron chi connectivity index (χ0n) is 8.64. The van der Waals surface area contributed by atoms with Crippen LogP contribution in [-0.2, 0) is 15.3 Å². The molecular weight excluding hydrogens is 194 g/mol. The van der Waals surface area contributed by atoms with E-state index in [9.17, 15) is 5.11 Å². The molecule has 15 heavy (non-hydrogen) atoms. The molecule has 82 valence electrons. The monoisotopic (exact) mass is 209 g/mol. The molecule has 0 bridgehead atoms. The molecule has 0 aliphatic carbocycles. The normalized spacial score (nSPS) is 30.7. The van der Waals surface area contributed by atoms with E-state index in [0.717, 1.165) is 0 Å². The highest BCUT2D eigenvalue weighted by atomic mass is 16.7. The summed E-state index contributed by atoms with van der Waals surface area (Å²) in [6.45, 7) is 2.67. The average Bonchev–Trinajstić information content (AvgIpc) is 2.62. The highest BCUT2D eigenvalue weighted by Gasteiger charge is 2.39. The van der Waals surface area contributed by atoms with Gasteiger partial charge in [0.15, 0.2) is 5.79 Å². The van der Waals surface area contributed by atoms with E-state index in [-0.39, 0.29) is 11.9 Å². The average molecular weight is 209 g/mol. The largest absolute Gasteiger partial charge is 0.507 e. The number of ether oxygens (including phenoxy) is 2. The Morgan fingerprint density at radius 3 is 2.87 bits per heavy atom. The van der Waals surface area contributed by atoms with E-state index in [4.69, 9.17) is 15.2 Å². The van der Waals surface area contributed by atoms with Crippen LogP contribution in [0.4, 0.5) is 0 Å². The van der Waals surface area contributed by atoms with Gasteiger partial charge < -0.3 is 20.3 Å². The molecule has 3 N–H and O–H groups in total. The van der Waals surface area contributed by atoms with E-state index in [1.54, 1.807) is 25.1 Å². The fraction of sp³-hybridized carbons (Fsp3) is 0.455. The van der Waals surface area contributed by atoms with Crippen molar-refractivity contribution in [2.75, 3.05) is 13.2 Å². The lowest BCUT2D eigenvalue weighted by molar-refractivity contribution is -0.161. The number of para-hydroxylation sites is 1. The molecule has 1 aromatic carbocycles. The summed E-state index contributed by atoms with van der Waals surface area (Å²) in [5.74, 6) is -0.701. The van der Waals surface area contributed by atoms with Crippen molar-refractivity contribution in [2.45, 2.75) is 18.8 Å². The van der Waals surface area contributed by atoms with E-state index in [2.05, 4.69) is 0 Å². The zero-order valence-corrected chi connectivity index (χ0v) is 8.64. The van der Waals surface area contributed by atoms with Crippen LogP contribution in [0.1, 0.15) is 12.5 Å². The molecule has 2 unspecified atom stereocenters. The van der Waals surface area contributed by atoms with E-state index >= 15 is 0 Å². The van der Waals surface area contributed by atoms with Crippen LogP contribution in [0.15, 0.2) is 24.3 Å². The molecule has 1 saturated heterocycles. The SMILES string of the molecule is CC1(c2ccccc2O)OCC(CN)O1. The number of hydrogen-bond donors (Lipinski definition) is 2. The van der Waals surface area contributed by atoms with Gasteiger partial charge in [-0.1, -0.05) is 12.1 Å². The number of nitrogens with two attached hydrogens (primary N) is 1. The predicted octanol–water partition coefficient (Wildman–Crippen LogP) is 0.939. The van der Waals surface area contributed by atoms with Gasteiger partial charge in [-0.15, -0.1) is 0 Å². The maximum Gasteiger partial charge on any atom is 0.196 e. The molecule has 0 radical (unpaired) electrons. The summed E-state index contributed by atoms with van der Waals surface area (Å²) >= 11 is 0. The summed E-state index contributed by atoms with van der Waals surface area (Å²) in [5, 5.41) is 9.70. The maximum absolute atomic E-state index is 9.70.